The molecule has 0 spiro atoms. The maximum absolute atomic E-state index is 13.7. The molecule has 188 valence electrons. The quantitative estimate of drug-likeness (QED) is 0.441. The molecular weight excluding hydrogens is 492 g/mol. The minimum Gasteiger partial charge on any atom is -0.493 e. The lowest BCUT2D eigenvalue weighted by molar-refractivity contribution is -0.137. The molecule has 0 aromatic heterocycles. The van der Waals surface area contributed by atoms with Crippen LogP contribution in [0.2, 0.25) is 5.02 Å². The number of amides is 1. The van der Waals surface area contributed by atoms with E-state index in [-0.39, 0.29) is 17.7 Å². The van der Waals surface area contributed by atoms with Gasteiger partial charge < -0.3 is 19.5 Å². The molecule has 3 aromatic rings. The van der Waals surface area contributed by atoms with Crippen LogP contribution in [0.15, 0.2) is 54.6 Å². The van der Waals surface area contributed by atoms with Gasteiger partial charge in [-0.15, -0.1) is 0 Å². The number of carbonyl (C=O) groups is 2. The molecule has 1 aliphatic heterocycles. The third kappa shape index (κ3) is 5.76. The number of benzene rings is 3. The van der Waals surface area contributed by atoms with Gasteiger partial charge in [0.25, 0.3) is 5.91 Å². The van der Waals surface area contributed by atoms with Crippen LogP contribution in [0.5, 0.6) is 11.5 Å². The third-order valence-corrected chi connectivity index (χ3v) is 6.16. The number of hydrogen-bond donors (Lipinski definition) is 1. The van der Waals surface area contributed by atoms with Crippen LogP contribution in [-0.4, -0.2) is 41.1 Å². The molecule has 1 heterocycles. The maximum Gasteiger partial charge on any atom is 0.323 e. The molecule has 0 saturated heterocycles. The zero-order chi connectivity index (χ0) is 26.0. The molecule has 0 aliphatic carbocycles. The highest BCUT2D eigenvalue weighted by Crippen LogP contribution is 2.44. The Kier molecular flexibility index (Phi) is 7.17. The second-order valence-corrected chi connectivity index (χ2v) is 9.47. The van der Waals surface area contributed by atoms with E-state index in [1.165, 1.54) is 13.2 Å². The number of carboxylic acid groups (broad SMARTS) is 1. The Bertz CT molecular complexity index is 1290. The van der Waals surface area contributed by atoms with Crippen LogP contribution in [0.1, 0.15) is 34.0 Å². The highest BCUT2D eigenvalue weighted by Gasteiger charge is 2.38. The summed E-state index contributed by atoms with van der Waals surface area (Å²) in [5.41, 5.74) is 1.48. The fourth-order valence-electron chi connectivity index (χ4n) is 4.47. The summed E-state index contributed by atoms with van der Waals surface area (Å²) < 4.78 is 39.1. The zero-order valence-electron chi connectivity index (χ0n) is 19.7. The van der Waals surface area contributed by atoms with Crippen molar-refractivity contribution in [3.63, 3.8) is 0 Å². The number of fused-ring (bicyclic) bond motifs is 1. The average Bonchev–Trinajstić information content (AvgIpc) is 3.13. The molecule has 1 unspecified atom stereocenters. The molecular formula is C27H24ClF2NO5. The van der Waals surface area contributed by atoms with E-state index in [4.69, 9.17) is 21.1 Å². The fourth-order valence-corrected chi connectivity index (χ4v) is 4.59. The molecule has 0 radical (unpaired) electrons. The first-order valence-corrected chi connectivity index (χ1v) is 11.5. The summed E-state index contributed by atoms with van der Waals surface area (Å²) in [5, 5.41) is 9.99. The Labute approximate surface area is 212 Å². The van der Waals surface area contributed by atoms with Crippen molar-refractivity contribution in [1.29, 1.82) is 0 Å². The Morgan fingerprint density at radius 3 is 2.36 bits per heavy atom. The van der Waals surface area contributed by atoms with Gasteiger partial charge in [-0.2, -0.15) is 0 Å². The smallest absolute Gasteiger partial charge is 0.323 e. The SMILES string of the molecule is COc1cc(C(=O)N(CC(=O)O)Cc2cc(F)cc(F)c2)cc2c1OC(C)(Cc1ccc(Cl)cc1)C2. The number of aliphatic carboxylic acids is 1. The topological polar surface area (TPSA) is 76.1 Å². The lowest BCUT2D eigenvalue weighted by Gasteiger charge is -2.24. The number of halogens is 3. The lowest BCUT2D eigenvalue weighted by Crippen LogP contribution is -2.35. The molecule has 0 saturated carbocycles. The average molecular weight is 516 g/mol. The Morgan fingerprint density at radius 1 is 1.08 bits per heavy atom. The van der Waals surface area contributed by atoms with Crippen LogP contribution < -0.4 is 9.47 Å². The number of carbonyl (C=O) groups excluding carboxylic acids is 1. The summed E-state index contributed by atoms with van der Waals surface area (Å²) in [7, 11) is 1.45. The van der Waals surface area contributed by atoms with Crippen LogP contribution >= 0.6 is 11.6 Å². The fraction of sp³-hybridized carbons (Fsp3) is 0.259. The Morgan fingerprint density at radius 2 is 1.75 bits per heavy atom. The van der Waals surface area contributed by atoms with E-state index in [1.807, 2.05) is 19.1 Å². The van der Waals surface area contributed by atoms with Crippen molar-refractivity contribution in [2.75, 3.05) is 13.7 Å². The Hall–Kier alpha value is -3.65. The summed E-state index contributed by atoms with van der Waals surface area (Å²) in [4.78, 5) is 25.9. The minimum absolute atomic E-state index is 0.133. The predicted molar refractivity (Wildman–Crippen MR) is 130 cm³/mol. The highest BCUT2D eigenvalue weighted by molar-refractivity contribution is 6.30. The van der Waals surface area contributed by atoms with Gasteiger partial charge in [0.1, 0.15) is 23.8 Å². The number of carboxylic acids is 1. The molecule has 6 nitrogen and oxygen atoms in total. The molecule has 36 heavy (non-hydrogen) atoms. The van der Waals surface area contributed by atoms with E-state index >= 15 is 0 Å². The first-order chi connectivity index (χ1) is 17.0. The van der Waals surface area contributed by atoms with Crippen molar-refractivity contribution in [3.05, 3.63) is 93.5 Å². The van der Waals surface area contributed by atoms with Crippen LogP contribution in [0.3, 0.4) is 0 Å². The summed E-state index contributed by atoms with van der Waals surface area (Å²) >= 11 is 5.99. The lowest BCUT2D eigenvalue weighted by atomic mass is 9.91. The normalized spacial score (nSPS) is 16.2. The van der Waals surface area contributed by atoms with Crippen molar-refractivity contribution >= 4 is 23.5 Å². The van der Waals surface area contributed by atoms with E-state index < -0.39 is 35.7 Å². The van der Waals surface area contributed by atoms with E-state index in [9.17, 15) is 23.5 Å². The molecule has 3 aromatic carbocycles. The van der Waals surface area contributed by atoms with Crippen LogP contribution in [0.4, 0.5) is 8.78 Å². The van der Waals surface area contributed by atoms with Gasteiger partial charge >= 0.3 is 5.97 Å². The van der Waals surface area contributed by atoms with E-state index in [2.05, 4.69) is 0 Å². The molecule has 1 N–H and O–H groups in total. The first kappa shape index (κ1) is 25.4. The highest BCUT2D eigenvalue weighted by atomic mass is 35.5. The van der Waals surface area contributed by atoms with E-state index in [0.717, 1.165) is 28.2 Å². The third-order valence-electron chi connectivity index (χ3n) is 5.91. The number of nitrogens with zero attached hydrogens (tertiary/aromatic N) is 1. The summed E-state index contributed by atoms with van der Waals surface area (Å²) in [6.07, 6.45) is 1.07. The second kappa shape index (κ2) is 10.1. The van der Waals surface area contributed by atoms with Gasteiger partial charge in [-0.3, -0.25) is 9.59 Å². The summed E-state index contributed by atoms with van der Waals surface area (Å²) in [6.45, 7) is 1.02. The molecule has 0 bridgehead atoms. The van der Waals surface area contributed by atoms with Crippen LogP contribution in [0.25, 0.3) is 0 Å². The summed E-state index contributed by atoms with van der Waals surface area (Å²) in [6, 6.07) is 13.4. The van der Waals surface area contributed by atoms with Crippen LogP contribution in [-0.2, 0) is 24.2 Å². The van der Waals surface area contributed by atoms with Gasteiger partial charge in [0, 0.05) is 41.6 Å². The van der Waals surface area contributed by atoms with Crippen molar-refractivity contribution in [1.82, 2.24) is 4.90 Å². The molecule has 1 atom stereocenters. The molecule has 1 amide bonds. The largest absolute Gasteiger partial charge is 0.493 e. The second-order valence-electron chi connectivity index (χ2n) is 9.03. The van der Waals surface area contributed by atoms with Crippen molar-refractivity contribution < 1.29 is 33.0 Å². The van der Waals surface area contributed by atoms with Gasteiger partial charge in [0.2, 0.25) is 0 Å². The minimum atomic E-state index is -1.26. The standard InChI is InChI=1S/C27H24ClF2NO5/c1-27(12-16-3-5-20(28)6-4-16)13-19-9-18(10-23(35-2)25(19)36-27)26(34)31(15-24(32)33)14-17-7-21(29)11-22(30)8-17/h3-11H,12-15H2,1-2H3,(H,32,33). The first-order valence-electron chi connectivity index (χ1n) is 11.2. The van der Waals surface area contributed by atoms with Crippen molar-refractivity contribution in [2.24, 2.45) is 0 Å². The molecule has 9 heteroatoms. The van der Waals surface area contributed by atoms with E-state index in [0.29, 0.717) is 35.4 Å². The van der Waals surface area contributed by atoms with Crippen molar-refractivity contribution in [2.45, 2.75) is 31.9 Å². The van der Waals surface area contributed by atoms with Gasteiger partial charge in [-0.25, -0.2) is 8.78 Å². The number of ether oxygens (including phenoxy) is 2. The van der Waals surface area contributed by atoms with Crippen LogP contribution in [0, 0.1) is 11.6 Å². The van der Waals surface area contributed by atoms with Gasteiger partial charge in [-0.1, -0.05) is 23.7 Å². The molecule has 4 rings (SSSR count). The van der Waals surface area contributed by atoms with Gasteiger partial charge in [-0.05, 0) is 54.4 Å². The zero-order valence-corrected chi connectivity index (χ0v) is 20.4. The maximum atomic E-state index is 13.7. The van der Waals surface area contributed by atoms with Crippen molar-refractivity contribution in [3.8, 4) is 11.5 Å². The predicted octanol–water partition coefficient (Wildman–Crippen LogP) is 5.29. The monoisotopic (exact) mass is 515 g/mol. The number of rotatable bonds is 8. The Balaban J connectivity index is 1.62. The van der Waals surface area contributed by atoms with Gasteiger partial charge in [0.15, 0.2) is 11.5 Å². The number of hydrogen-bond acceptors (Lipinski definition) is 4. The molecule has 0 fully saturated rings. The summed E-state index contributed by atoms with van der Waals surface area (Å²) in [5.74, 6) is -2.65. The molecule has 1 aliphatic rings. The number of methoxy groups -OCH3 is 1. The van der Waals surface area contributed by atoms with E-state index in [1.54, 1.807) is 18.2 Å². The van der Waals surface area contributed by atoms with Gasteiger partial charge in [0.05, 0.1) is 7.11 Å².